The zero-order valence-electron chi connectivity index (χ0n) is 10.2. The summed E-state index contributed by atoms with van der Waals surface area (Å²) in [6, 6.07) is 17.7. The Morgan fingerprint density at radius 2 is 1.79 bits per heavy atom. The zero-order valence-corrected chi connectivity index (χ0v) is 10.2. The quantitative estimate of drug-likeness (QED) is 0.772. The van der Waals surface area contributed by atoms with Gasteiger partial charge in [-0.3, -0.25) is 4.79 Å². The average molecular weight is 252 g/mol. The second kappa shape index (κ2) is 4.61. The van der Waals surface area contributed by atoms with Crippen molar-refractivity contribution in [1.82, 2.24) is 0 Å². The fourth-order valence-electron chi connectivity index (χ4n) is 2.14. The average Bonchev–Trinajstić information content (AvgIpc) is 2.79. The monoisotopic (exact) mass is 252 g/mol. The van der Waals surface area contributed by atoms with Gasteiger partial charge < -0.3 is 9.52 Å². The van der Waals surface area contributed by atoms with Gasteiger partial charge in [-0.05, 0) is 29.3 Å². The molecular weight excluding hydrogens is 240 g/mol. The number of hydrogen-bond donors (Lipinski definition) is 1. The molecule has 0 aliphatic rings. The third-order valence-electron chi connectivity index (χ3n) is 3.00. The molecule has 94 valence electrons. The molecule has 3 heteroatoms. The van der Waals surface area contributed by atoms with Crippen LogP contribution in [0.15, 0.2) is 59.0 Å². The first-order chi connectivity index (χ1) is 9.22. The SMILES string of the molecule is O=C(O)Cc1cc2cc(-c3ccccc3)ccc2o1. The predicted octanol–water partition coefficient (Wildman–Crippen LogP) is 3.73. The molecule has 0 saturated heterocycles. The molecule has 0 unspecified atom stereocenters. The lowest BCUT2D eigenvalue weighted by atomic mass is 10.0. The normalized spacial score (nSPS) is 10.7. The van der Waals surface area contributed by atoms with Gasteiger partial charge in [0.1, 0.15) is 17.8 Å². The molecule has 0 radical (unpaired) electrons. The highest BCUT2D eigenvalue weighted by atomic mass is 16.4. The summed E-state index contributed by atoms with van der Waals surface area (Å²) >= 11 is 0. The highest BCUT2D eigenvalue weighted by molar-refractivity contribution is 5.85. The molecule has 19 heavy (non-hydrogen) atoms. The van der Waals surface area contributed by atoms with Crippen molar-refractivity contribution in [3.8, 4) is 11.1 Å². The molecule has 0 amide bonds. The molecule has 1 heterocycles. The lowest BCUT2D eigenvalue weighted by Crippen LogP contribution is -1.97. The van der Waals surface area contributed by atoms with Crippen molar-refractivity contribution in [2.24, 2.45) is 0 Å². The molecule has 3 nitrogen and oxygen atoms in total. The number of carboxylic acids is 1. The largest absolute Gasteiger partial charge is 0.481 e. The molecule has 0 aliphatic heterocycles. The summed E-state index contributed by atoms with van der Waals surface area (Å²) in [5.74, 6) is -0.407. The van der Waals surface area contributed by atoms with Crippen LogP contribution in [0.25, 0.3) is 22.1 Å². The first-order valence-electron chi connectivity index (χ1n) is 6.02. The Hall–Kier alpha value is -2.55. The number of carboxylic acid groups (broad SMARTS) is 1. The third-order valence-corrected chi connectivity index (χ3v) is 3.00. The maximum Gasteiger partial charge on any atom is 0.311 e. The highest BCUT2D eigenvalue weighted by Gasteiger charge is 2.08. The summed E-state index contributed by atoms with van der Waals surface area (Å²) in [5.41, 5.74) is 2.94. The second-order valence-corrected chi connectivity index (χ2v) is 4.40. The van der Waals surface area contributed by atoms with Crippen molar-refractivity contribution in [1.29, 1.82) is 0 Å². The summed E-state index contributed by atoms with van der Waals surface area (Å²) in [5, 5.41) is 9.69. The fourth-order valence-corrected chi connectivity index (χ4v) is 2.14. The van der Waals surface area contributed by atoms with E-state index in [-0.39, 0.29) is 6.42 Å². The van der Waals surface area contributed by atoms with Gasteiger partial charge in [0, 0.05) is 5.39 Å². The van der Waals surface area contributed by atoms with E-state index in [1.165, 1.54) is 0 Å². The lowest BCUT2D eigenvalue weighted by Gasteiger charge is -2.00. The molecule has 0 fully saturated rings. The van der Waals surface area contributed by atoms with Gasteiger partial charge in [0.05, 0.1) is 0 Å². The third kappa shape index (κ3) is 2.36. The van der Waals surface area contributed by atoms with Crippen LogP contribution >= 0.6 is 0 Å². The van der Waals surface area contributed by atoms with Crippen LogP contribution in [0.2, 0.25) is 0 Å². The Morgan fingerprint density at radius 3 is 2.53 bits per heavy atom. The van der Waals surface area contributed by atoms with Crippen LogP contribution in [0.4, 0.5) is 0 Å². The molecule has 3 rings (SSSR count). The Bertz CT molecular complexity index is 726. The number of fused-ring (bicyclic) bond motifs is 1. The van der Waals surface area contributed by atoms with Gasteiger partial charge >= 0.3 is 5.97 Å². The smallest absolute Gasteiger partial charge is 0.311 e. The van der Waals surface area contributed by atoms with Gasteiger partial charge in [-0.1, -0.05) is 36.4 Å². The fraction of sp³-hybridized carbons (Fsp3) is 0.0625. The van der Waals surface area contributed by atoms with Gasteiger partial charge in [-0.15, -0.1) is 0 Å². The summed E-state index contributed by atoms with van der Waals surface area (Å²) in [7, 11) is 0. The first kappa shape index (κ1) is 11.5. The van der Waals surface area contributed by atoms with E-state index in [4.69, 9.17) is 9.52 Å². The Labute approximate surface area is 110 Å². The van der Waals surface area contributed by atoms with E-state index in [2.05, 4.69) is 0 Å². The number of aliphatic carboxylic acids is 1. The van der Waals surface area contributed by atoms with Gasteiger partial charge in [-0.25, -0.2) is 0 Å². The number of hydrogen-bond acceptors (Lipinski definition) is 2. The molecule has 0 bridgehead atoms. The van der Waals surface area contributed by atoms with E-state index in [1.807, 2.05) is 48.5 Å². The molecule has 0 atom stereocenters. The van der Waals surface area contributed by atoms with Crippen LogP contribution < -0.4 is 0 Å². The summed E-state index contributed by atoms with van der Waals surface area (Å²) in [4.78, 5) is 10.7. The minimum absolute atomic E-state index is 0.0879. The van der Waals surface area contributed by atoms with Gasteiger partial charge in [0.15, 0.2) is 0 Å². The number of furan rings is 1. The molecule has 0 spiro atoms. The van der Waals surface area contributed by atoms with Crippen molar-refractivity contribution in [3.05, 3.63) is 60.4 Å². The summed E-state index contributed by atoms with van der Waals surface area (Å²) < 4.78 is 5.49. The maximum atomic E-state index is 10.7. The van der Waals surface area contributed by atoms with Gasteiger partial charge in [0.25, 0.3) is 0 Å². The molecular formula is C16H12O3. The van der Waals surface area contributed by atoms with Crippen LogP contribution in [0, 0.1) is 0 Å². The number of carbonyl (C=O) groups is 1. The van der Waals surface area contributed by atoms with Crippen LogP contribution in [0.1, 0.15) is 5.76 Å². The van der Waals surface area contributed by atoms with Crippen LogP contribution in [-0.4, -0.2) is 11.1 Å². The molecule has 0 aliphatic carbocycles. The molecule has 1 N–H and O–H groups in total. The highest BCUT2D eigenvalue weighted by Crippen LogP contribution is 2.26. The summed E-state index contributed by atoms with van der Waals surface area (Å²) in [6.45, 7) is 0. The standard InChI is InChI=1S/C16H12O3/c17-16(18)10-14-9-13-8-12(6-7-15(13)19-14)11-4-2-1-3-5-11/h1-9H,10H2,(H,17,18). The van der Waals surface area contributed by atoms with Crippen molar-refractivity contribution in [3.63, 3.8) is 0 Å². The minimum atomic E-state index is -0.887. The molecule has 3 aromatic rings. The molecule has 0 saturated carbocycles. The van der Waals surface area contributed by atoms with E-state index in [9.17, 15) is 4.79 Å². The minimum Gasteiger partial charge on any atom is -0.481 e. The molecule has 2 aromatic carbocycles. The van der Waals surface area contributed by atoms with Crippen LogP contribution in [-0.2, 0) is 11.2 Å². The van der Waals surface area contributed by atoms with Crippen molar-refractivity contribution in [2.45, 2.75) is 6.42 Å². The predicted molar refractivity (Wildman–Crippen MR) is 73.0 cm³/mol. The van der Waals surface area contributed by atoms with E-state index in [0.29, 0.717) is 5.76 Å². The Kier molecular flexibility index (Phi) is 2.80. The van der Waals surface area contributed by atoms with E-state index in [0.717, 1.165) is 22.1 Å². The summed E-state index contributed by atoms with van der Waals surface area (Å²) in [6.07, 6.45) is -0.0879. The zero-order chi connectivity index (χ0) is 13.2. The lowest BCUT2D eigenvalue weighted by molar-refractivity contribution is -0.136. The van der Waals surface area contributed by atoms with Crippen molar-refractivity contribution < 1.29 is 14.3 Å². The van der Waals surface area contributed by atoms with Gasteiger partial charge in [-0.2, -0.15) is 0 Å². The van der Waals surface area contributed by atoms with Crippen molar-refractivity contribution in [2.75, 3.05) is 0 Å². The Morgan fingerprint density at radius 1 is 1.00 bits per heavy atom. The van der Waals surface area contributed by atoms with E-state index < -0.39 is 5.97 Å². The molecule has 1 aromatic heterocycles. The Balaban J connectivity index is 2.03. The van der Waals surface area contributed by atoms with E-state index >= 15 is 0 Å². The topological polar surface area (TPSA) is 50.4 Å². The van der Waals surface area contributed by atoms with Gasteiger partial charge in [0.2, 0.25) is 0 Å². The number of rotatable bonds is 3. The second-order valence-electron chi connectivity index (χ2n) is 4.40. The van der Waals surface area contributed by atoms with Crippen LogP contribution in [0.5, 0.6) is 0 Å². The first-order valence-corrected chi connectivity index (χ1v) is 6.02. The van der Waals surface area contributed by atoms with Crippen LogP contribution in [0.3, 0.4) is 0 Å². The maximum absolute atomic E-state index is 10.7. The van der Waals surface area contributed by atoms with Crippen molar-refractivity contribution >= 4 is 16.9 Å². The number of benzene rings is 2. The van der Waals surface area contributed by atoms with E-state index in [1.54, 1.807) is 6.07 Å².